The van der Waals surface area contributed by atoms with Crippen molar-refractivity contribution in [3.05, 3.63) is 36.5 Å². The van der Waals surface area contributed by atoms with E-state index in [9.17, 15) is 19.4 Å². The van der Waals surface area contributed by atoms with Crippen LogP contribution in [0.4, 0.5) is 0 Å². The molecule has 0 aromatic carbocycles. The van der Waals surface area contributed by atoms with E-state index in [1.165, 1.54) is 205 Å². The van der Waals surface area contributed by atoms with E-state index in [4.69, 9.17) is 9.05 Å². The van der Waals surface area contributed by atoms with Gasteiger partial charge < -0.3 is 28.8 Å². The first-order valence-corrected chi connectivity index (χ1v) is 29.8. The number of rotatable bonds is 52. The molecule has 0 aliphatic heterocycles. The van der Waals surface area contributed by atoms with Crippen molar-refractivity contribution in [3.8, 4) is 0 Å². The van der Waals surface area contributed by atoms with Gasteiger partial charge in [-0.25, -0.2) is 0 Å². The predicted molar refractivity (Wildman–Crippen MR) is 284 cm³/mol. The highest BCUT2D eigenvalue weighted by Crippen LogP contribution is 2.38. The Hall–Kier alpha value is -1.28. The number of carbonyl (C=O) groups excluding carboxylic acids is 1. The minimum Gasteiger partial charge on any atom is -0.756 e. The third-order valence-electron chi connectivity index (χ3n) is 12.8. The van der Waals surface area contributed by atoms with Gasteiger partial charge in [-0.15, -0.1) is 0 Å². The molecule has 0 bridgehead atoms. The summed E-state index contributed by atoms with van der Waals surface area (Å²) in [5.41, 5.74) is 0. The Kier molecular flexibility index (Phi) is 47.8. The molecule has 3 unspecified atom stereocenters. The molecule has 0 radical (unpaired) electrons. The van der Waals surface area contributed by atoms with Gasteiger partial charge in [-0.2, -0.15) is 0 Å². The Labute approximate surface area is 410 Å². The second-order valence-electron chi connectivity index (χ2n) is 20.6. The van der Waals surface area contributed by atoms with Gasteiger partial charge in [0.25, 0.3) is 7.82 Å². The molecule has 3 atom stereocenters. The summed E-state index contributed by atoms with van der Waals surface area (Å²) < 4.78 is 23.3. The van der Waals surface area contributed by atoms with Gasteiger partial charge in [-0.3, -0.25) is 9.36 Å². The number of nitrogens with zero attached hydrogens (tertiary/aromatic N) is 1. The fourth-order valence-corrected chi connectivity index (χ4v) is 9.09. The van der Waals surface area contributed by atoms with Crippen LogP contribution in [-0.4, -0.2) is 68.5 Å². The molecule has 0 spiro atoms. The molecule has 9 heteroatoms. The number of phosphoric ester groups is 1. The molecular formula is C57H111N2O6P. The molecule has 0 fully saturated rings. The summed E-state index contributed by atoms with van der Waals surface area (Å²) in [6, 6.07) is -0.907. The normalized spacial score (nSPS) is 14.2. The van der Waals surface area contributed by atoms with E-state index < -0.39 is 26.6 Å². The summed E-state index contributed by atoms with van der Waals surface area (Å²) in [6.07, 6.45) is 62.3. The zero-order valence-corrected chi connectivity index (χ0v) is 45.3. The van der Waals surface area contributed by atoms with Crippen molar-refractivity contribution in [3.63, 3.8) is 0 Å². The van der Waals surface area contributed by atoms with Crippen LogP contribution < -0.4 is 10.2 Å². The van der Waals surface area contributed by atoms with Crippen molar-refractivity contribution in [1.29, 1.82) is 0 Å². The number of quaternary nitrogens is 1. The second-order valence-corrected chi connectivity index (χ2v) is 22.0. The molecule has 0 aromatic heterocycles. The van der Waals surface area contributed by atoms with Crippen molar-refractivity contribution < 1.29 is 32.9 Å². The predicted octanol–water partition coefficient (Wildman–Crippen LogP) is 16.4. The van der Waals surface area contributed by atoms with Gasteiger partial charge >= 0.3 is 0 Å². The lowest BCUT2D eigenvalue weighted by molar-refractivity contribution is -0.870. The Morgan fingerprint density at radius 2 is 0.848 bits per heavy atom. The van der Waals surface area contributed by atoms with Crippen molar-refractivity contribution in [1.82, 2.24) is 5.32 Å². The topological polar surface area (TPSA) is 108 Å². The van der Waals surface area contributed by atoms with Crippen LogP contribution in [0.25, 0.3) is 0 Å². The number of nitrogens with one attached hydrogen (secondary N) is 1. The van der Waals surface area contributed by atoms with Gasteiger partial charge in [0.2, 0.25) is 5.91 Å². The van der Waals surface area contributed by atoms with E-state index in [2.05, 4.69) is 43.5 Å². The number of likely N-dealkylation sites (N-methyl/N-ethyl adjacent to an activating group) is 1. The number of phosphoric acid groups is 1. The number of allylic oxidation sites excluding steroid dienone is 5. The SMILES string of the molecule is CCCCCCCCC/C=C/CC/C=C/CC/C=C/C(O)C(COP(=O)([O-])OCC[N+](C)(C)C)NC(=O)CCCCCCCCCCCCCCCCCCCCCCCCCCCCC. The van der Waals surface area contributed by atoms with Gasteiger partial charge in [0, 0.05) is 6.42 Å². The van der Waals surface area contributed by atoms with Crippen LogP contribution in [-0.2, 0) is 18.4 Å². The van der Waals surface area contributed by atoms with E-state index in [0.717, 1.165) is 44.9 Å². The van der Waals surface area contributed by atoms with Crippen LogP contribution in [0.15, 0.2) is 36.5 Å². The van der Waals surface area contributed by atoms with Gasteiger partial charge in [-0.05, 0) is 44.9 Å². The van der Waals surface area contributed by atoms with E-state index in [0.29, 0.717) is 17.4 Å². The molecule has 0 rings (SSSR count). The standard InChI is InChI=1S/C57H111N2O6P/c1-6-8-10-12-14-16-18-20-22-24-25-26-27-28-29-30-31-32-33-35-37-39-41-43-45-47-49-51-57(61)58-55(54-65-66(62,63)64-53-52-59(3,4)5)56(60)50-48-46-44-42-40-38-36-34-23-21-19-17-15-13-11-9-7-2/h23,34,40,42,48,50,55-56,60H,6-22,24-33,35-39,41,43-47,49,51-54H2,1-5H3,(H-,58,61,62,63)/b34-23+,42-40+,50-48+. The summed E-state index contributed by atoms with van der Waals surface area (Å²) in [4.78, 5) is 25.5. The number of aliphatic hydroxyl groups is 1. The van der Waals surface area contributed by atoms with E-state index in [1.54, 1.807) is 6.08 Å². The first-order valence-electron chi connectivity index (χ1n) is 28.4. The number of hydrogen-bond donors (Lipinski definition) is 2. The van der Waals surface area contributed by atoms with Crippen LogP contribution in [0, 0.1) is 0 Å². The van der Waals surface area contributed by atoms with Crippen LogP contribution in [0.2, 0.25) is 0 Å². The second kappa shape index (κ2) is 48.7. The molecule has 0 saturated heterocycles. The lowest BCUT2D eigenvalue weighted by Gasteiger charge is -2.29. The van der Waals surface area contributed by atoms with Gasteiger partial charge in [-0.1, -0.05) is 256 Å². The monoisotopic (exact) mass is 951 g/mol. The minimum absolute atomic E-state index is 0.00749. The Balaban J connectivity index is 4.18. The number of aliphatic hydroxyl groups excluding tert-OH is 1. The molecule has 2 N–H and O–H groups in total. The lowest BCUT2D eigenvalue weighted by Crippen LogP contribution is -2.45. The summed E-state index contributed by atoms with van der Waals surface area (Å²) in [7, 11) is 1.24. The average molecular weight is 951 g/mol. The third-order valence-corrected chi connectivity index (χ3v) is 13.8. The number of unbranched alkanes of at least 4 members (excludes halogenated alkanes) is 35. The summed E-state index contributed by atoms with van der Waals surface area (Å²) >= 11 is 0. The minimum atomic E-state index is -4.60. The van der Waals surface area contributed by atoms with Crippen molar-refractivity contribution >= 4 is 13.7 Å². The first kappa shape index (κ1) is 64.7. The smallest absolute Gasteiger partial charge is 0.268 e. The van der Waals surface area contributed by atoms with E-state index >= 15 is 0 Å². The fraction of sp³-hybridized carbons (Fsp3) is 0.877. The Morgan fingerprint density at radius 3 is 1.23 bits per heavy atom. The maximum Gasteiger partial charge on any atom is 0.268 e. The van der Waals surface area contributed by atoms with Gasteiger partial charge in [0.05, 0.1) is 39.9 Å². The quantitative estimate of drug-likeness (QED) is 0.0272. The Morgan fingerprint density at radius 1 is 0.515 bits per heavy atom. The van der Waals surface area contributed by atoms with Gasteiger partial charge in [0.1, 0.15) is 13.2 Å². The van der Waals surface area contributed by atoms with Crippen LogP contribution in [0.1, 0.15) is 271 Å². The molecule has 8 nitrogen and oxygen atoms in total. The summed E-state index contributed by atoms with van der Waals surface area (Å²) in [5.74, 6) is -0.207. The summed E-state index contributed by atoms with van der Waals surface area (Å²) in [5, 5.41) is 13.8. The maximum absolute atomic E-state index is 12.9. The highest BCUT2D eigenvalue weighted by molar-refractivity contribution is 7.45. The molecule has 390 valence electrons. The zero-order chi connectivity index (χ0) is 48.5. The largest absolute Gasteiger partial charge is 0.756 e. The summed E-state index contributed by atoms with van der Waals surface area (Å²) in [6.45, 7) is 4.64. The molecule has 0 aliphatic carbocycles. The van der Waals surface area contributed by atoms with Crippen LogP contribution >= 0.6 is 7.82 Å². The van der Waals surface area contributed by atoms with E-state index in [1.807, 2.05) is 27.2 Å². The van der Waals surface area contributed by atoms with E-state index in [-0.39, 0.29) is 12.5 Å². The maximum atomic E-state index is 12.9. The van der Waals surface area contributed by atoms with Crippen molar-refractivity contribution in [2.75, 3.05) is 40.9 Å². The molecule has 1 amide bonds. The fourth-order valence-electron chi connectivity index (χ4n) is 8.36. The highest BCUT2D eigenvalue weighted by Gasteiger charge is 2.23. The molecular weight excluding hydrogens is 840 g/mol. The number of hydrogen-bond acceptors (Lipinski definition) is 6. The molecule has 0 saturated carbocycles. The molecule has 0 heterocycles. The highest BCUT2D eigenvalue weighted by atomic mass is 31.2. The first-order chi connectivity index (χ1) is 32.0. The zero-order valence-electron chi connectivity index (χ0n) is 44.4. The lowest BCUT2D eigenvalue weighted by atomic mass is 10.0. The average Bonchev–Trinajstić information content (AvgIpc) is 3.28. The number of amides is 1. The van der Waals surface area contributed by atoms with Crippen molar-refractivity contribution in [2.45, 2.75) is 283 Å². The van der Waals surface area contributed by atoms with Crippen LogP contribution in [0.3, 0.4) is 0 Å². The molecule has 0 aromatic rings. The molecule has 66 heavy (non-hydrogen) atoms. The Bertz CT molecular complexity index is 1170. The van der Waals surface area contributed by atoms with Gasteiger partial charge in [0.15, 0.2) is 0 Å². The van der Waals surface area contributed by atoms with Crippen LogP contribution in [0.5, 0.6) is 0 Å². The molecule has 0 aliphatic rings. The number of carbonyl (C=O) groups is 1. The third kappa shape index (κ3) is 50.6. The van der Waals surface area contributed by atoms with Crippen molar-refractivity contribution in [2.24, 2.45) is 0 Å².